The highest BCUT2D eigenvalue weighted by atomic mass is 16.2. The first-order valence-electron chi connectivity index (χ1n) is 10.2. The van der Waals surface area contributed by atoms with Gasteiger partial charge in [0, 0.05) is 32.7 Å². The number of carbonyl (C=O) groups is 2. The van der Waals surface area contributed by atoms with Gasteiger partial charge in [-0.1, -0.05) is 31.2 Å². The number of rotatable bonds is 6. The van der Waals surface area contributed by atoms with Crippen LogP contribution in [-0.4, -0.2) is 59.4 Å². The number of carbonyl (C=O) groups excluding carboxylic acids is 2. The van der Waals surface area contributed by atoms with Crippen LogP contribution in [-0.2, 0) is 17.8 Å². The predicted octanol–water partition coefficient (Wildman–Crippen LogP) is 2.12. The molecule has 3 rings (SSSR count). The number of benzene rings is 1. The van der Waals surface area contributed by atoms with Crippen LogP contribution < -0.4 is 10.6 Å². The number of fused-ring (bicyclic) bond motifs is 1. The van der Waals surface area contributed by atoms with Crippen LogP contribution in [0.4, 0.5) is 4.79 Å². The normalized spacial score (nSPS) is 22.3. The quantitative estimate of drug-likeness (QED) is 0.340. The fourth-order valence-corrected chi connectivity index (χ4v) is 3.71. The highest BCUT2D eigenvalue weighted by molar-refractivity contribution is 6.06. The van der Waals surface area contributed by atoms with E-state index in [2.05, 4.69) is 46.7 Å². The first-order valence-corrected chi connectivity index (χ1v) is 10.2. The van der Waals surface area contributed by atoms with Crippen LogP contribution in [0.5, 0.6) is 0 Å². The molecule has 0 aliphatic carbocycles. The Bertz CT molecular complexity index is 763. The summed E-state index contributed by atoms with van der Waals surface area (Å²) in [5, 5.41) is 6.16. The molecule has 7 nitrogen and oxygen atoms in total. The maximum atomic E-state index is 12.4. The van der Waals surface area contributed by atoms with E-state index in [0.717, 1.165) is 32.0 Å². The molecule has 1 atom stereocenters. The van der Waals surface area contributed by atoms with Crippen molar-refractivity contribution >= 4 is 17.9 Å². The molecular formula is C21H31N5O2. The monoisotopic (exact) mass is 385 g/mol. The molecule has 7 heteroatoms. The van der Waals surface area contributed by atoms with Gasteiger partial charge in [0.2, 0.25) is 0 Å². The summed E-state index contributed by atoms with van der Waals surface area (Å²) in [5.41, 5.74) is 1.99. The Kier molecular flexibility index (Phi) is 6.21. The third kappa shape index (κ3) is 4.13. The van der Waals surface area contributed by atoms with Crippen LogP contribution in [0.15, 0.2) is 29.3 Å². The zero-order valence-electron chi connectivity index (χ0n) is 17.1. The minimum Gasteiger partial charge on any atom is -0.357 e. The van der Waals surface area contributed by atoms with Crippen molar-refractivity contribution in [2.24, 2.45) is 4.99 Å². The third-order valence-corrected chi connectivity index (χ3v) is 5.62. The van der Waals surface area contributed by atoms with E-state index in [1.54, 1.807) is 6.92 Å². The van der Waals surface area contributed by atoms with Crippen molar-refractivity contribution in [2.45, 2.75) is 52.1 Å². The predicted molar refractivity (Wildman–Crippen MR) is 110 cm³/mol. The van der Waals surface area contributed by atoms with Gasteiger partial charge in [0.1, 0.15) is 5.54 Å². The zero-order valence-corrected chi connectivity index (χ0v) is 17.1. The van der Waals surface area contributed by atoms with Crippen LogP contribution in [0.3, 0.4) is 0 Å². The van der Waals surface area contributed by atoms with Crippen molar-refractivity contribution in [1.29, 1.82) is 0 Å². The van der Waals surface area contributed by atoms with Crippen molar-refractivity contribution in [1.82, 2.24) is 20.4 Å². The molecule has 0 aromatic heterocycles. The molecule has 0 spiro atoms. The second-order valence-corrected chi connectivity index (χ2v) is 7.60. The van der Waals surface area contributed by atoms with Gasteiger partial charge >= 0.3 is 6.03 Å². The molecule has 2 aliphatic rings. The highest BCUT2D eigenvalue weighted by Gasteiger charge is 2.45. The van der Waals surface area contributed by atoms with Gasteiger partial charge in [-0.05, 0) is 44.2 Å². The maximum absolute atomic E-state index is 12.4. The fourth-order valence-electron chi connectivity index (χ4n) is 3.71. The molecule has 0 radical (unpaired) electrons. The summed E-state index contributed by atoms with van der Waals surface area (Å²) in [4.78, 5) is 32.9. The van der Waals surface area contributed by atoms with Crippen molar-refractivity contribution < 1.29 is 9.59 Å². The average molecular weight is 386 g/mol. The maximum Gasteiger partial charge on any atom is 0.325 e. The lowest BCUT2D eigenvalue weighted by Crippen LogP contribution is -2.44. The number of aliphatic imine (C=N–C) groups is 1. The van der Waals surface area contributed by atoms with Crippen molar-refractivity contribution in [3.8, 4) is 0 Å². The SMILES string of the molecule is CCNC(=NCCCN1C(=O)NC(C)(CC)C1=O)N1CCc2ccccc2C1. The summed E-state index contributed by atoms with van der Waals surface area (Å²) in [7, 11) is 0. The van der Waals surface area contributed by atoms with Crippen LogP contribution in [0.2, 0.25) is 0 Å². The number of guanidine groups is 1. The molecular weight excluding hydrogens is 354 g/mol. The molecule has 28 heavy (non-hydrogen) atoms. The lowest BCUT2D eigenvalue weighted by molar-refractivity contribution is -0.130. The lowest BCUT2D eigenvalue weighted by atomic mass is 9.99. The molecule has 1 saturated heterocycles. The van der Waals surface area contributed by atoms with E-state index in [9.17, 15) is 9.59 Å². The molecule has 2 N–H and O–H groups in total. The van der Waals surface area contributed by atoms with Gasteiger partial charge in [-0.2, -0.15) is 0 Å². The fraction of sp³-hybridized carbons (Fsp3) is 0.571. The Hall–Kier alpha value is -2.57. The minimum absolute atomic E-state index is 0.136. The molecule has 1 aromatic rings. The first kappa shape index (κ1) is 20.2. The van der Waals surface area contributed by atoms with Gasteiger partial charge in [-0.15, -0.1) is 0 Å². The standard InChI is InChI=1S/C21H31N5O2/c1-4-21(3)18(27)26(20(28)24-21)13-8-12-23-19(22-5-2)25-14-11-16-9-6-7-10-17(16)15-25/h6-7,9-10H,4-5,8,11-15H2,1-3H3,(H,22,23)(H,24,28). The van der Waals surface area contributed by atoms with Gasteiger partial charge < -0.3 is 15.5 Å². The number of urea groups is 1. The van der Waals surface area contributed by atoms with Crippen LogP contribution >= 0.6 is 0 Å². The van der Waals surface area contributed by atoms with E-state index in [1.165, 1.54) is 16.0 Å². The Labute approximate surface area is 167 Å². The van der Waals surface area contributed by atoms with E-state index < -0.39 is 5.54 Å². The van der Waals surface area contributed by atoms with Crippen LogP contribution in [0.1, 0.15) is 44.7 Å². The Morgan fingerprint density at radius 2 is 2.00 bits per heavy atom. The lowest BCUT2D eigenvalue weighted by Gasteiger charge is -2.31. The van der Waals surface area contributed by atoms with Crippen molar-refractivity contribution in [3.05, 3.63) is 35.4 Å². The molecule has 1 unspecified atom stereocenters. The number of hydrogen-bond acceptors (Lipinski definition) is 3. The van der Waals surface area contributed by atoms with E-state index in [1.807, 2.05) is 6.92 Å². The number of imide groups is 1. The number of nitrogens with one attached hydrogen (secondary N) is 2. The van der Waals surface area contributed by atoms with Crippen molar-refractivity contribution in [3.63, 3.8) is 0 Å². The van der Waals surface area contributed by atoms with Gasteiger partial charge in [-0.3, -0.25) is 14.7 Å². The summed E-state index contributed by atoms with van der Waals surface area (Å²) in [6.45, 7) is 9.31. The van der Waals surface area contributed by atoms with Gasteiger partial charge in [0.25, 0.3) is 5.91 Å². The zero-order chi connectivity index (χ0) is 20.1. The summed E-state index contributed by atoms with van der Waals surface area (Å²) < 4.78 is 0. The molecule has 1 fully saturated rings. The molecule has 2 heterocycles. The molecule has 3 amide bonds. The first-order chi connectivity index (χ1) is 13.5. The van der Waals surface area contributed by atoms with E-state index >= 15 is 0 Å². The Morgan fingerprint density at radius 1 is 1.25 bits per heavy atom. The van der Waals surface area contributed by atoms with Crippen molar-refractivity contribution in [2.75, 3.05) is 26.2 Å². The summed E-state index contributed by atoms with van der Waals surface area (Å²) >= 11 is 0. The minimum atomic E-state index is -0.767. The molecule has 0 saturated carbocycles. The number of hydrogen-bond donors (Lipinski definition) is 2. The van der Waals surface area contributed by atoms with Gasteiger partial charge in [0.15, 0.2) is 5.96 Å². The van der Waals surface area contributed by atoms with E-state index in [-0.39, 0.29) is 11.9 Å². The summed E-state index contributed by atoms with van der Waals surface area (Å²) in [6, 6.07) is 8.24. The van der Waals surface area contributed by atoms with E-state index in [0.29, 0.717) is 25.9 Å². The number of amides is 3. The molecule has 0 bridgehead atoms. The second-order valence-electron chi connectivity index (χ2n) is 7.60. The topological polar surface area (TPSA) is 77.0 Å². The average Bonchev–Trinajstić information content (AvgIpc) is 2.93. The second kappa shape index (κ2) is 8.63. The summed E-state index contributed by atoms with van der Waals surface area (Å²) in [5.74, 6) is 0.760. The molecule has 152 valence electrons. The Balaban J connectivity index is 1.57. The van der Waals surface area contributed by atoms with Crippen LogP contribution in [0.25, 0.3) is 0 Å². The molecule has 1 aromatic carbocycles. The smallest absolute Gasteiger partial charge is 0.325 e. The van der Waals surface area contributed by atoms with Gasteiger partial charge in [0.05, 0.1) is 0 Å². The molecule has 2 aliphatic heterocycles. The largest absolute Gasteiger partial charge is 0.357 e. The van der Waals surface area contributed by atoms with E-state index in [4.69, 9.17) is 4.99 Å². The summed E-state index contributed by atoms with van der Waals surface area (Å²) in [6.07, 6.45) is 2.25. The Morgan fingerprint density at radius 3 is 2.68 bits per heavy atom. The third-order valence-electron chi connectivity index (χ3n) is 5.62. The van der Waals surface area contributed by atoms with Gasteiger partial charge in [-0.25, -0.2) is 4.79 Å². The van der Waals surface area contributed by atoms with Crippen LogP contribution in [0, 0.1) is 0 Å². The highest BCUT2D eigenvalue weighted by Crippen LogP contribution is 2.21. The number of nitrogens with zero attached hydrogens (tertiary/aromatic N) is 3.